The van der Waals surface area contributed by atoms with Crippen molar-refractivity contribution in [3.05, 3.63) is 23.8 Å². The van der Waals surface area contributed by atoms with E-state index < -0.39 is 10.0 Å². The summed E-state index contributed by atoms with van der Waals surface area (Å²) in [7, 11) is -3.76. The molecule has 3 aliphatic rings. The minimum absolute atomic E-state index is 0.150. The number of sulfonamides is 1. The summed E-state index contributed by atoms with van der Waals surface area (Å²) in [6, 6.07) is 5.17. The highest BCUT2D eigenvalue weighted by atomic mass is 32.2. The number of carbonyl (C=O) groups excluding carboxylic acids is 1. The maximum atomic E-state index is 12.7. The van der Waals surface area contributed by atoms with E-state index in [0.717, 1.165) is 45.1 Å². The Bertz CT molecular complexity index is 878. The fourth-order valence-electron chi connectivity index (χ4n) is 4.40. The third kappa shape index (κ3) is 3.61. The molecule has 1 saturated heterocycles. The molecular weight excluding hydrogens is 362 g/mol. The van der Waals surface area contributed by atoms with Crippen LogP contribution in [0.3, 0.4) is 0 Å². The Kier molecular flexibility index (Phi) is 4.97. The van der Waals surface area contributed by atoms with Crippen molar-refractivity contribution in [1.29, 1.82) is 0 Å². The number of benzene rings is 1. The van der Waals surface area contributed by atoms with Crippen LogP contribution in [0.15, 0.2) is 27.5 Å². The number of amidine groups is 1. The zero-order valence-corrected chi connectivity index (χ0v) is 16.6. The molecule has 7 heteroatoms. The molecule has 0 aromatic heterocycles. The maximum Gasteiger partial charge on any atom is 0.286 e. The second kappa shape index (κ2) is 7.26. The molecule has 0 bridgehead atoms. The molecule has 2 unspecified atom stereocenters. The summed E-state index contributed by atoms with van der Waals surface area (Å²) in [5.41, 5.74) is 1.05. The van der Waals surface area contributed by atoms with Gasteiger partial charge in [-0.25, -0.2) is 0 Å². The van der Waals surface area contributed by atoms with Gasteiger partial charge in [-0.2, -0.15) is 8.42 Å². The van der Waals surface area contributed by atoms with Crippen LogP contribution in [0, 0.1) is 5.92 Å². The Hall–Kier alpha value is -1.89. The summed E-state index contributed by atoms with van der Waals surface area (Å²) < 4.78 is 29.5. The molecule has 1 N–H and O–H groups in total. The van der Waals surface area contributed by atoms with Gasteiger partial charge in [-0.15, -0.1) is 4.40 Å². The van der Waals surface area contributed by atoms with Gasteiger partial charge in [0.2, 0.25) is 0 Å². The highest BCUT2D eigenvalue weighted by Crippen LogP contribution is 2.35. The summed E-state index contributed by atoms with van der Waals surface area (Å²) in [5.74, 6) is 0.888. The first-order valence-electron chi connectivity index (χ1n) is 10.0. The second-order valence-corrected chi connectivity index (χ2v) is 9.54. The van der Waals surface area contributed by atoms with E-state index in [1.807, 2.05) is 4.90 Å². The lowest BCUT2D eigenvalue weighted by atomic mass is 9.86. The number of hydrogen-bond donors (Lipinski definition) is 1. The summed E-state index contributed by atoms with van der Waals surface area (Å²) in [5, 5.41) is 3.10. The van der Waals surface area contributed by atoms with Crippen molar-refractivity contribution in [3.8, 4) is 0 Å². The molecule has 2 atom stereocenters. The van der Waals surface area contributed by atoms with Crippen molar-refractivity contribution in [2.24, 2.45) is 10.3 Å². The largest absolute Gasteiger partial charge is 0.349 e. The quantitative estimate of drug-likeness (QED) is 0.840. The maximum absolute atomic E-state index is 12.7. The zero-order chi connectivity index (χ0) is 19.0. The molecule has 2 fully saturated rings. The number of anilines is 1. The van der Waals surface area contributed by atoms with Gasteiger partial charge in [-0.05, 0) is 49.8 Å². The van der Waals surface area contributed by atoms with E-state index in [2.05, 4.69) is 16.6 Å². The minimum Gasteiger partial charge on any atom is -0.349 e. The molecule has 0 radical (unpaired) electrons. The Balaban J connectivity index is 1.63. The van der Waals surface area contributed by atoms with Crippen LogP contribution in [-0.4, -0.2) is 32.7 Å². The first kappa shape index (κ1) is 18.5. The number of carbonyl (C=O) groups is 1. The fraction of sp³-hybridized carbons (Fsp3) is 0.600. The lowest BCUT2D eigenvalue weighted by molar-refractivity contribution is 0.0910. The van der Waals surface area contributed by atoms with E-state index in [0.29, 0.717) is 29.4 Å². The average molecular weight is 390 g/mol. The summed E-state index contributed by atoms with van der Waals surface area (Å²) in [6.07, 6.45) is 8.17. The van der Waals surface area contributed by atoms with Crippen molar-refractivity contribution in [2.75, 3.05) is 11.4 Å². The van der Waals surface area contributed by atoms with Gasteiger partial charge < -0.3 is 10.2 Å². The average Bonchev–Trinajstić information content (AvgIpc) is 2.88. The van der Waals surface area contributed by atoms with E-state index >= 15 is 0 Å². The molecule has 1 saturated carbocycles. The second-order valence-electron chi connectivity index (χ2n) is 7.97. The van der Waals surface area contributed by atoms with Crippen molar-refractivity contribution in [2.45, 2.75) is 69.2 Å². The van der Waals surface area contributed by atoms with Crippen LogP contribution in [0.2, 0.25) is 0 Å². The Morgan fingerprint density at radius 1 is 1.15 bits per heavy atom. The first-order valence-corrected chi connectivity index (χ1v) is 11.5. The molecule has 1 aromatic carbocycles. The topological polar surface area (TPSA) is 78.8 Å². The van der Waals surface area contributed by atoms with Crippen molar-refractivity contribution >= 4 is 27.5 Å². The van der Waals surface area contributed by atoms with Crippen LogP contribution in [0.25, 0.3) is 0 Å². The van der Waals surface area contributed by atoms with E-state index in [1.54, 1.807) is 12.1 Å². The summed E-state index contributed by atoms with van der Waals surface area (Å²) in [6.45, 7) is 2.93. The SMILES string of the molecule is CC1CCCCC1NC(=O)c1ccc2c(c1)S(=O)(=O)N=C1CCCCCN12. The smallest absolute Gasteiger partial charge is 0.286 e. The van der Waals surface area contributed by atoms with Crippen LogP contribution < -0.4 is 10.2 Å². The Labute approximate surface area is 161 Å². The van der Waals surface area contributed by atoms with E-state index in [1.165, 1.54) is 12.5 Å². The van der Waals surface area contributed by atoms with Gasteiger partial charge in [0.25, 0.3) is 15.9 Å². The number of fused-ring (bicyclic) bond motifs is 3. The van der Waals surface area contributed by atoms with Gasteiger partial charge in [-0.3, -0.25) is 4.79 Å². The van der Waals surface area contributed by atoms with E-state index in [-0.39, 0.29) is 16.8 Å². The van der Waals surface area contributed by atoms with Gasteiger partial charge in [-0.1, -0.05) is 26.2 Å². The normalized spacial score (nSPS) is 27.0. The molecule has 2 aliphatic heterocycles. The molecular formula is C20H27N3O3S. The van der Waals surface area contributed by atoms with E-state index in [4.69, 9.17) is 0 Å². The molecule has 4 rings (SSSR count). The Morgan fingerprint density at radius 3 is 2.78 bits per heavy atom. The van der Waals surface area contributed by atoms with Crippen LogP contribution in [0.4, 0.5) is 5.69 Å². The van der Waals surface area contributed by atoms with E-state index in [9.17, 15) is 13.2 Å². The lowest BCUT2D eigenvalue weighted by Gasteiger charge is -2.31. The number of nitrogens with one attached hydrogen (secondary N) is 1. The molecule has 1 amide bonds. The Morgan fingerprint density at radius 2 is 1.96 bits per heavy atom. The van der Waals surface area contributed by atoms with Crippen LogP contribution in [-0.2, 0) is 10.0 Å². The third-order valence-electron chi connectivity index (χ3n) is 6.04. The van der Waals surface area contributed by atoms with Gasteiger partial charge in [0.15, 0.2) is 0 Å². The molecule has 2 heterocycles. The monoisotopic (exact) mass is 389 g/mol. The van der Waals surface area contributed by atoms with Crippen LogP contribution in [0.1, 0.15) is 68.6 Å². The number of nitrogens with zero attached hydrogens (tertiary/aromatic N) is 2. The number of rotatable bonds is 2. The third-order valence-corrected chi connectivity index (χ3v) is 7.37. The molecule has 27 heavy (non-hydrogen) atoms. The predicted molar refractivity (Wildman–Crippen MR) is 106 cm³/mol. The molecule has 1 aromatic rings. The standard InChI is InChI=1S/C20H27N3O3S/c1-14-7-4-5-8-16(14)21-20(24)15-10-11-17-18(13-15)27(25,26)22-19-9-3-2-6-12-23(17)19/h10-11,13-14,16H,2-9,12H2,1H3,(H,21,24). The zero-order valence-electron chi connectivity index (χ0n) is 15.8. The van der Waals surface area contributed by atoms with Gasteiger partial charge in [0.1, 0.15) is 10.7 Å². The van der Waals surface area contributed by atoms with Crippen LogP contribution >= 0.6 is 0 Å². The van der Waals surface area contributed by atoms with Crippen molar-refractivity contribution in [3.63, 3.8) is 0 Å². The summed E-state index contributed by atoms with van der Waals surface area (Å²) >= 11 is 0. The molecule has 1 aliphatic carbocycles. The minimum atomic E-state index is -3.76. The number of amides is 1. The number of hydrogen-bond acceptors (Lipinski definition) is 4. The summed E-state index contributed by atoms with van der Waals surface area (Å²) in [4.78, 5) is 14.9. The predicted octanol–water partition coefficient (Wildman–Crippen LogP) is 3.48. The van der Waals surface area contributed by atoms with Crippen molar-refractivity contribution in [1.82, 2.24) is 5.32 Å². The van der Waals surface area contributed by atoms with Gasteiger partial charge >= 0.3 is 0 Å². The molecule has 0 spiro atoms. The van der Waals surface area contributed by atoms with Gasteiger partial charge in [0.05, 0.1) is 5.69 Å². The fourth-order valence-corrected chi connectivity index (χ4v) is 5.69. The van der Waals surface area contributed by atoms with Crippen LogP contribution in [0.5, 0.6) is 0 Å². The molecule has 146 valence electrons. The highest BCUT2D eigenvalue weighted by Gasteiger charge is 2.32. The van der Waals surface area contributed by atoms with Crippen molar-refractivity contribution < 1.29 is 13.2 Å². The highest BCUT2D eigenvalue weighted by molar-refractivity contribution is 7.90. The first-order chi connectivity index (χ1) is 13.0. The van der Waals surface area contributed by atoms with Gasteiger partial charge in [0, 0.05) is 24.6 Å². The molecule has 6 nitrogen and oxygen atoms in total. The lowest BCUT2D eigenvalue weighted by Crippen LogP contribution is -2.41.